The first-order chi connectivity index (χ1) is 7.70. The lowest BCUT2D eigenvalue weighted by Gasteiger charge is -2.27. The first-order valence-corrected chi connectivity index (χ1v) is 6.22. The summed E-state index contributed by atoms with van der Waals surface area (Å²) in [6.45, 7) is 8.40. The van der Waals surface area contributed by atoms with Gasteiger partial charge < -0.3 is 5.32 Å². The molecule has 2 heteroatoms. The second kappa shape index (κ2) is 4.77. The molecule has 0 aromatic heterocycles. The molecule has 0 bridgehead atoms. The number of rotatable bonds is 3. The van der Waals surface area contributed by atoms with E-state index in [2.05, 4.69) is 43.9 Å². The summed E-state index contributed by atoms with van der Waals surface area (Å²) in [5, 5.41) is 3.53. The summed E-state index contributed by atoms with van der Waals surface area (Å²) in [6.07, 6.45) is 3.38. The van der Waals surface area contributed by atoms with Crippen LogP contribution >= 0.6 is 0 Å². The van der Waals surface area contributed by atoms with Gasteiger partial charge in [-0.2, -0.15) is 0 Å². The molecule has 0 saturated heterocycles. The Bertz CT molecular complexity index is 398. The zero-order valence-corrected chi connectivity index (χ0v) is 10.3. The summed E-state index contributed by atoms with van der Waals surface area (Å²) in [5.41, 5.74) is 5.71. The molecule has 1 aromatic carbocycles. The van der Waals surface area contributed by atoms with Crippen LogP contribution in [0.25, 0.3) is 0 Å². The van der Waals surface area contributed by atoms with Crippen LogP contribution in [0.15, 0.2) is 30.5 Å². The van der Waals surface area contributed by atoms with E-state index in [0.717, 1.165) is 12.8 Å². The van der Waals surface area contributed by atoms with Crippen molar-refractivity contribution in [3.63, 3.8) is 0 Å². The number of nitrogens with one attached hydrogen (secondary N) is 1. The van der Waals surface area contributed by atoms with E-state index in [4.69, 9.17) is 0 Å². The molecule has 1 aliphatic rings. The highest BCUT2D eigenvalue weighted by molar-refractivity contribution is 6.38. The zero-order valence-electron chi connectivity index (χ0n) is 10.3. The molecular weight excluding hydrogens is 193 g/mol. The maximum Gasteiger partial charge on any atom is 0.153 e. The van der Waals surface area contributed by atoms with E-state index in [1.165, 1.54) is 30.4 Å². The Morgan fingerprint density at radius 1 is 1.56 bits per heavy atom. The Balaban J connectivity index is 2.09. The molecule has 1 aromatic rings. The molecular formula is C14H20BN. The van der Waals surface area contributed by atoms with E-state index in [0.29, 0.717) is 5.94 Å². The Kier molecular flexibility index (Phi) is 3.38. The van der Waals surface area contributed by atoms with Crippen molar-refractivity contribution in [3.05, 3.63) is 47.2 Å². The van der Waals surface area contributed by atoms with Crippen LogP contribution in [0.4, 0.5) is 0 Å². The minimum atomic E-state index is 0.585. The molecule has 1 unspecified atom stereocenters. The van der Waals surface area contributed by atoms with Gasteiger partial charge in [-0.15, -0.1) is 0 Å². The van der Waals surface area contributed by atoms with Gasteiger partial charge in [-0.3, -0.25) is 0 Å². The fraction of sp³-hybridized carbons (Fsp3) is 0.429. The number of hydrogen-bond acceptors (Lipinski definition) is 1. The quantitative estimate of drug-likeness (QED) is 0.760. The number of hydrogen-bond donors (Lipinski definition) is 1. The molecule has 0 amide bonds. The second-order valence-corrected chi connectivity index (χ2v) is 4.75. The van der Waals surface area contributed by atoms with E-state index < -0.39 is 0 Å². The van der Waals surface area contributed by atoms with Crippen LogP contribution in [0.1, 0.15) is 30.0 Å². The van der Waals surface area contributed by atoms with Crippen molar-refractivity contribution in [3.8, 4) is 0 Å². The SMILES string of the molecule is C=C(CC)NC1BCc2c(C)cccc2C1. The predicted molar refractivity (Wildman–Crippen MR) is 72.1 cm³/mol. The minimum Gasteiger partial charge on any atom is -0.393 e. The third kappa shape index (κ3) is 2.32. The summed E-state index contributed by atoms with van der Waals surface area (Å²) in [4.78, 5) is 0. The first-order valence-electron chi connectivity index (χ1n) is 6.22. The van der Waals surface area contributed by atoms with Crippen molar-refractivity contribution < 1.29 is 0 Å². The topological polar surface area (TPSA) is 12.0 Å². The van der Waals surface area contributed by atoms with Crippen LogP contribution in [0.2, 0.25) is 0 Å². The average Bonchev–Trinajstić information content (AvgIpc) is 2.29. The van der Waals surface area contributed by atoms with Gasteiger partial charge >= 0.3 is 0 Å². The maximum atomic E-state index is 4.03. The van der Waals surface area contributed by atoms with E-state index in [9.17, 15) is 0 Å². The smallest absolute Gasteiger partial charge is 0.153 e. The van der Waals surface area contributed by atoms with Gasteiger partial charge in [0.2, 0.25) is 0 Å². The van der Waals surface area contributed by atoms with Crippen LogP contribution < -0.4 is 5.32 Å². The molecule has 1 nitrogen and oxygen atoms in total. The summed E-state index contributed by atoms with van der Waals surface area (Å²) < 4.78 is 0. The van der Waals surface area contributed by atoms with Crippen LogP contribution in [-0.4, -0.2) is 13.2 Å². The monoisotopic (exact) mass is 213 g/mol. The first kappa shape index (κ1) is 11.3. The van der Waals surface area contributed by atoms with Gasteiger partial charge in [-0.05, 0) is 42.8 Å². The molecule has 2 rings (SSSR count). The molecule has 1 atom stereocenters. The molecule has 1 heterocycles. The van der Waals surface area contributed by atoms with Gasteiger partial charge in [0.1, 0.15) is 0 Å². The molecule has 0 saturated carbocycles. The number of benzene rings is 1. The largest absolute Gasteiger partial charge is 0.393 e. The Morgan fingerprint density at radius 3 is 3.12 bits per heavy atom. The van der Waals surface area contributed by atoms with Crippen LogP contribution in [-0.2, 0) is 12.7 Å². The highest BCUT2D eigenvalue weighted by Gasteiger charge is 2.20. The average molecular weight is 213 g/mol. The Hall–Kier alpha value is -1.18. The molecule has 0 aliphatic carbocycles. The van der Waals surface area contributed by atoms with Gasteiger partial charge in [-0.1, -0.05) is 31.7 Å². The summed E-state index contributed by atoms with van der Waals surface area (Å²) >= 11 is 0. The highest BCUT2D eigenvalue weighted by Crippen LogP contribution is 2.21. The number of fused-ring (bicyclic) bond motifs is 1. The normalized spacial score (nSPS) is 18.5. The lowest BCUT2D eigenvalue weighted by Crippen LogP contribution is -2.40. The van der Waals surface area contributed by atoms with E-state index in [1.807, 2.05) is 0 Å². The molecule has 0 fully saturated rings. The third-order valence-electron chi connectivity index (χ3n) is 3.55. The maximum absolute atomic E-state index is 4.03. The minimum absolute atomic E-state index is 0.585. The van der Waals surface area contributed by atoms with Crippen LogP contribution in [0.5, 0.6) is 0 Å². The third-order valence-corrected chi connectivity index (χ3v) is 3.55. The number of allylic oxidation sites excluding steroid dienone is 1. The van der Waals surface area contributed by atoms with Crippen LogP contribution in [0.3, 0.4) is 0 Å². The van der Waals surface area contributed by atoms with Gasteiger partial charge in [0.25, 0.3) is 0 Å². The van der Waals surface area contributed by atoms with Crippen molar-refractivity contribution >= 4 is 7.28 Å². The Labute approximate surface area is 99.2 Å². The van der Waals surface area contributed by atoms with Crippen molar-refractivity contribution in [1.29, 1.82) is 0 Å². The fourth-order valence-corrected chi connectivity index (χ4v) is 2.51. The summed E-state index contributed by atoms with van der Waals surface area (Å²) in [7, 11) is 1.23. The molecule has 0 radical (unpaired) electrons. The van der Waals surface area contributed by atoms with Crippen LogP contribution in [0, 0.1) is 6.92 Å². The van der Waals surface area contributed by atoms with Gasteiger partial charge in [0.05, 0.1) is 0 Å². The lowest BCUT2D eigenvalue weighted by atomic mass is 9.57. The van der Waals surface area contributed by atoms with Crippen molar-refractivity contribution in [2.24, 2.45) is 0 Å². The standard InChI is InChI=1S/C14H20BN/c1-4-11(3)16-14-8-12-7-5-6-10(2)13(12)9-15-14/h5-7,14-16H,3-4,8-9H2,1-2H3. The molecule has 1 aliphatic heterocycles. The highest BCUT2D eigenvalue weighted by atomic mass is 14.9. The fourth-order valence-electron chi connectivity index (χ4n) is 2.51. The van der Waals surface area contributed by atoms with E-state index in [1.54, 1.807) is 5.56 Å². The lowest BCUT2D eigenvalue weighted by molar-refractivity contribution is 0.681. The summed E-state index contributed by atoms with van der Waals surface area (Å²) in [6, 6.07) is 6.66. The van der Waals surface area contributed by atoms with Gasteiger partial charge in [-0.25, -0.2) is 0 Å². The van der Waals surface area contributed by atoms with Crippen molar-refractivity contribution in [2.45, 2.75) is 39.0 Å². The number of aryl methyl sites for hydroxylation is 1. The van der Waals surface area contributed by atoms with Crippen molar-refractivity contribution in [1.82, 2.24) is 5.32 Å². The Morgan fingerprint density at radius 2 is 2.38 bits per heavy atom. The predicted octanol–water partition coefficient (Wildman–Crippen LogP) is 2.33. The van der Waals surface area contributed by atoms with Gasteiger partial charge in [0, 0.05) is 11.6 Å². The molecule has 0 spiro atoms. The summed E-state index contributed by atoms with van der Waals surface area (Å²) in [5.74, 6) is 0.585. The van der Waals surface area contributed by atoms with Crippen molar-refractivity contribution in [2.75, 3.05) is 0 Å². The molecule has 1 N–H and O–H groups in total. The van der Waals surface area contributed by atoms with E-state index in [-0.39, 0.29) is 0 Å². The zero-order chi connectivity index (χ0) is 11.5. The molecule has 16 heavy (non-hydrogen) atoms. The van der Waals surface area contributed by atoms with E-state index >= 15 is 0 Å². The van der Waals surface area contributed by atoms with Gasteiger partial charge in [0.15, 0.2) is 7.28 Å². The second-order valence-electron chi connectivity index (χ2n) is 4.75. The molecule has 84 valence electrons.